The van der Waals surface area contributed by atoms with Crippen molar-refractivity contribution in [1.29, 1.82) is 0 Å². The Morgan fingerprint density at radius 2 is 2.14 bits per heavy atom. The molecule has 1 aliphatic rings. The lowest BCUT2D eigenvalue weighted by Crippen LogP contribution is -2.49. The van der Waals surface area contributed by atoms with E-state index in [1.54, 1.807) is 12.1 Å². The number of nitrogens with zero attached hydrogens (tertiary/aromatic N) is 1. The molecule has 5 nitrogen and oxygen atoms in total. The molecule has 0 radical (unpaired) electrons. The minimum atomic E-state index is -0.261. The van der Waals surface area contributed by atoms with Crippen molar-refractivity contribution in [1.82, 2.24) is 15.5 Å². The van der Waals surface area contributed by atoms with Crippen molar-refractivity contribution in [3.63, 3.8) is 0 Å². The minimum Gasteiger partial charge on any atom is -0.395 e. The first-order valence-electron chi connectivity index (χ1n) is 7.54. The van der Waals surface area contributed by atoms with Crippen molar-refractivity contribution >= 4 is 5.94 Å². The molecule has 120 valence electrons. The summed E-state index contributed by atoms with van der Waals surface area (Å²) >= 11 is 0. The van der Waals surface area contributed by atoms with Crippen molar-refractivity contribution in [3.8, 4) is 0 Å². The largest absolute Gasteiger partial charge is 0.395 e. The number of rotatable bonds is 7. The lowest BCUT2D eigenvalue weighted by Gasteiger charge is -2.36. The summed E-state index contributed by atoms with van der Waals surface area (Å²) in [5.41, 5.74) is 1.58. The van der Waals surface area contributed by atoms with E-state index in [1.165, 1.54) is 12.1 Å². The summed E-state index contributed by atoms with van der Waals surface area (Å²) in [6.07, 6.45) is 0.754. The molecule has 1 saturated heterocycles. The lowest BCUT2D eigenvalue weighted by molar-refractivity contribution is 0.250. The van der Waals surface area contributed by atoms with E-state index in [-0.39, 0.29) is 18.5 Å². The number of halogens is 1. The quantitative estimate of drug-likeness (QED) is 0.499. The van der Waals surface area contributed by atoms with Crippen LogP contribution in [0.15, 0.2) is 30.0 Å². The topological polar surface area (TPSA) is 64.6 Å². The molecule has 1 unspecified atom stereocenters. The molecular formula is C16H22FN3O2. The van der Waals surface area contributed by atoms with Crippen molar-refractivity contribution in [2.75, 3.05) is 32.8 Å². The average molecular weight is 307 g/mol. The van der Waals surface area contributed by atoms with Gasteiger partial charge in [-0.05, 0) is 30.7 Å². The van der Waals surface area contributed by atoms with Crippen LogP contribution in [0.2, 0.25) is 0 Å². The van der Waals surface area contributed by atoms with Gasteiger partial charge >= 0.3 is 0 Å². The molecule has 1 aromatic carbocycles. The lowest BCUT2D eigenvalue weighted by atomic mass is 10.1. The first-order valence-corrected chi connectivity index (χ1v) is 7.54. The average Bonchev–Trinajstić information content (AvgIpc) is 2.54. The zero-order valence-electron chi connectivity index (χ0n) is 12.5. The SMILES string of the molecule is O=C=C1C(CCNCCO)NCCN1Cc1ccc(F)cc1. The molecule has 0 amide bonds. The van der Waals surface area contributed by atoms with E-state index in [1.807, 2.05) is 4.90 Å². The number of nitrogens with one attached hydrogen (secondary N) is 2. The zero-order chi connectivity index (χ0) is 15.8. The molecule has 1 aliphatic heterocycles. The first-order chi connectivity index (χ1) is 10.7. The highest BCUT2D eigenvalue weighted by atomic mass is 19.1. The van der Waals surface area contributed by atoms with Gasteiger partial charge in [-0.2, -0.15) is 0 Å². The van der Waals surface area contributed by atoms with E-state index >= 15 is 0 Å². The van der Waals surface area contributed by atoms with Gasteiger partial charge in [0.1, 0.15) is 17.5 Å². The van der Waals surface area contributed by atoms with Crippen molar-refractivity contribution in [2.45, 2.75) is 19.0 Å². The van der Waals surface area contributed by atoms with E-state index in [9.17, 15) is 9.18 Å². The normalized spacial score (nSPS) is 18.4. The predicted octanol–water partition coefficient (Wildman–Crippen LogP) is 0.287. The monoisotopic (exact) mass is 307 g/mol. The van der Waals surface area contributed by atoms with Crippen LogP contribution in [-0.4, -0.2) is 54.8 Å². The Balaban J connectivity index is 1.95. The van der Waals surface area contributed by atoms with Gasteiger partial charge in [-0.1, -0.05) is 12.1 Å². The third-order valence-electron chi connectivity index (χ3n) is 3.73. The highest BCUT2D eigenvalue weighted by Gasteiger charge is 2.25. The van der Waals surface area contributed by atoms with Gasteiger partial charge in [0, 0.05) is 26.2 Å². The van der Waals surface area contributed by atoms with Gasteiger partial charge in [0.15, 0.2) is 0 Å². The molecule has 6 heteroatoms. The van der Waals surface area contributed by atoms with Crippen molar-refractivity contribution in [2.24, 2.45) is 0 Å². The van der Waals surface area contributed by atoms with Crippen LogP contribution in [0.25, 0.3) is 0 Å². The molecule has 1 fully saturated rings. The summed E-state index contributed by atoms with van der Waals surface area (Å²) in [7, 11) is 0. The van der Waals surface area contributed by atoms with Crippen molar-refractivity contribution in [3.05, 3.63) is 41.3 Å². The van der Waals surface area contributed by atoms with Gasteiger partial charge in [-0.15, -0.1) is 0 Å². The fourth-order valence-electron chi connectivity index (χ4n) is 2.61. The summed E-state index contributed by atoms with van der Waals surface area (Å²) in [6, 6.07) is 6.28. The standard InChI is InChI=1S/C16H22FN3O2/c17-14-3-1-13(2-4-14)11-20-9-7-19-15(16(20)12-22)5-6-18-8-10-21/h1-4,15,18-19,21H,5-11H2. The molecule has 0 aliphatic carbocycles. The smallest absolute Gasteiger partial charge is 0.147 e. The molecule has 3 N–H and O–H groups in total. The van der Waals surface area contributed by atoms with E-state index in [0.29, 0.717) is 25.3 Å². The first kappa shape index (κ1) is 16.6. The van der Waals surface area contributed by atoms with Crippen molar-refractivity contribution < 1.29 is 14.3 Å². The van der Waals surface area contributed by atoms with Gasteiger partial charge in [0.25, 0.3) is 0 Å². The maximum Gasteiger partial charge on any atom is 0.147 e. The summed E-state index contributed by atoms with van der Waals surface area (Å²) in [5.74, 6) is 1.79. The van der Waals surface area contributed by atoms with Gasteiger partial charge in [-0.25, -0.2) is 9.18 Å². The van der Waals surface area contributed by atoms with Crippen LogP contribution in [0, 0.1) is 5.82 Å². The van der Waals surface area contributed by atoms with Crippen LogP contribution in [0.3, 0.4) is 0 Å². The fourth-order valence-corrected chi connectivity index (χ4v) is 2.61. The van der Waals surface area contributed by atoms with E-state index in [0.717, 1.165) is 25.1 Å². The van der Waals surface area contributed by atoms with Crippen LogP contribution in [0.5, 0.6) is 0 Å². The maximum absolute atomic E-state index is 13.0. The molecule has 1 heterocycles. The number of hydrogen-bond acceptors (Lipinski definition) is 5. The molecule has 1 atom stereocenters. The maximum atomic E-state index is 13.0. The second-order valence-electron chi connectivity index (χ2n) is 5.30. The number of carbonyl (C=O) groups excluding carboxylic acids is 1. The molecular weight excluding hydrogens is 285 g/mol. The van der Waals surface area contributed by atoms with Crippen LogP contribution in [0.1, 0.15) is 12.0 Å². The van der Waals surface area contributed by atoms with E-state index < -0.39 is 0 Å². The predicted molar refractivity (Wildman–Crippen MR) is 82.4 cm³/mol. The molecule has 22 heavy (non-hydrogen) atoms. The van der Waals surface area contributed by atoms with E-state index in [4.69, 9.17) is 5.11 Å². The Hall–Kier alpha value is -1.72. The van der Waals surface area contributed by atoms with Crippen LogP contribution in [-0.2, 0) is 11.3 Å². The van der Waals surface area contributed by atoms with E-state index in [2.05, 4.69) is 16.6 Å². The molecule has 0 spiro atoms. The number of aliphatic hydroxyl groups is 1. The minimum absolute atomic E-state index is 0.0436. The van der Waals surface area contributed by atoms with Crippen LogP contribution in [0.4, 0.5) is 4.39 Å². The van der Waals surface area contributed by atoms with Gasteiger partial charge in [0.05, 0.1) is 12.6 Å². The number of piperazine rings is 1. The summed E-state index contributed by atoms with van der Waals surface area (Å²) in [6.45, 7) is 3.46. The Kier molecular flexibility index (Phi) is 6.55. The summed E-state index contributed by atoms with van der Waals surface area (Å²) < 4.78 is 13.0. The van der Waals surface area contributed by atoms with Gasteiger partial charge in [-0.3, -0.25) is 0 Å². The Morgan fingerprint density at radius 3 is 2.82 bits per heavy atom. The van der Waals surface area contributed by atoms with Crippen LogP contribution >= 0.6 is 0 Å². The third kappa shape index (κ3) is 4.64. The highest BCUT2D eigenvalue weighted by molar-refractivity contribution is 5.54. The molecule has 0 aromatic heterocycles. The molecule has 0 saturated carbocycles. The molecule has 0 bridgehead atoms. The number of hydrogen-bond donors (Lipinski definition) is 3. The second-order valence-corrected chi connectivity index (χ2v) is 5.30. The number of benzene rings is 1. The second kappa shape index (κ2) is 8.66. The fraction of sp³-hybridized carbons (Fsp3) is 0.500. The molecule has 1 aromatic rings. The highest BCUT2D eigenvalue weighted by Crippen LogP contribution is 2.17. The third-order valence-corrected chi connectivity index (χ3v) is 3.73. The van der Waals surface area contributed by atoms with Gasteiger partial charge in [0.2, 0.25) is 0 Å². The summed E-state index contributed by atoms with van der Waals surface area (Å²) in [5, 5.41) is 15.2. The zero-order valence-corrected chi connectivity index (χ0v) is 12.5. The summed E-state index contributed by atoms with van der Waals surface area (Å²) in [4.78, 5) is 13.3. The molecule has 2 rings (SSSR count). The number of aliphatic hydroxyl groups excluding tert-OH is 1. The Morgan fingerprint density at radius 1 is 1.36 bits per heavy atom. The van der Waals surface area contributed by atoms with Crippen LogP contribution < -0.4 is 10.6 Å². The Labute approximate surface area is 129 Å². The Bertz CT molecular complexity index is 515. The van der Waals surface area contributed by atoms with Gasteiger partial charge < -0.3 is 20.6 Å².